The molecule has 0 aliphatic carbocycles. The molecule has 0 saturated carbocycles. The van der Waals surface area contributed by atoms with E-state index in [1.165, 1.54) is 25.7 Å². The average Bonchev–Trinajstić information content (AvgIpc) is 2.42. The highest BCUT2D eigenvalue weighted by molar-refractivity contribution is 5.81. The number of nitrogens with one attached hydrogen (secondary N) is 3. The summed E-state index contributed by atoms with van der Waals surface area (Å²) in [7, 11) is 1.76. The molecular weight excluding hydrogens is 276 g/mol. The van der Waals surface area contributed by atoms with E-state index in [0.717, 1.165) is 12.5 Å². The van der Waals surface area contributed by atoms with Gasteiger partial charge in [-0.15, -0.1) is 0 Å². The molecule has 0 atom stereocenters. The van der Waals surface area contributed by atoms with Crippen molar-refractivity contribution in [2.24, 2.45) is 10.4 Å². The summed E-state index contributed by atoms with van der Waals surface area (Å²) in [4.78, 5) is 15.8. The van der Waals surface area contributed by atoms with Crippen LogP contribution in [0.15, 0.2) is 4.99 Å². The van der Waals surface area contributed by atoms with Gasteiger partial charge >= 0.3 is 0 Å². The van der Waals surface area contributed by atoms with E-state index in [1.807, 2.05) is 13.8 Å². The summed E-state index contributed by atoms with van der Waals surface area (Å²) in [6.07, 6.45) is 5.49. The number of guanidine groups is 1. The molecule has 0 heterocycles. The van der Waals surface area contributed by atoms with E-state index in [-0.39, 0.29) is 17.4 Å². The molecule has 0 fully saturated rings. The van der Waals surface area contributed by atoms with Crippen LogP contribution in [0.3, 0.4) is 0 Å². The minimum absolute atomic E-state index is 0.0675. The smallest absolute Gasteiger partial charge is 0.221 e. The van der Waals surface area contributed by atoms with E-state index in [0.29, 0.717) is 13.0 Å². The van der Waals surface area contributed by atoms with Gasteiger partial charge in [-0.25, -0.2) is 0 Å². The molecule has 5 heteroatoms. The van der Waals surface area contributed by atoms with Crippen molar-refractivity contribution in [1.82, 2.24) is 16.0 Å². The summed E-state index contributed by atoms with van der Waals surface area (Å²) >= 11 is 0. The highest BCUT2D eigenvalue weighted by atomic mass is 16.1. The van der Waals surface area contributed by atoms with Gasteiger partial charge in [-0.1, -0.05) is 40.0 Å². The van der Waals surface area contributed by atoms with Gasteiger partial charge in [0.05, 0.1) is 0 Å². The molecule has 22 heavy (non-hydrogen) atoms. The van der Waals surface area contributed by atoms with Crippen LogP contribution >= 0.6 is 0 Å². The number of carbonyl (C=O) groups is 1. The lowest BCUT2D eigenvalue weighted by atomic mass is 9.87. The van der Waals surface area contributed by atoms with E-state index < -0.39 is 0 Å². The fourth-order valence-electron chi connectivity index (χ4n) is 2.17. The fraction of sp³-hybridized carbons (Fsp3) is 0.882. The molecule has 3 N–H and O–H groups in total. The molecule has 1 amide bonds. The van der Waals surface area contributed by atoms with E-state index in [4.69, 9.17) is 0 Å². The van der Waals surface area contributed by atoms with Crippen LogP contribution in [0.4, 0.5) is 0 Å². The summed E-state index contributed by atoms with van der Waals surface area (Å²) in [5, 5.41) is 9.43. The zero-order chi connectivity index (χ0) is 17.0. The highest BCUT2D eigenvalue weighted by Crippen LogP contribution is 2.22. The predicted molar refractivity (Wildman–Crippen MR) is 95.2 cm³/mol. The molecule has 0 aliphatic heterocycles. The van der Waals surface area contributed by atoms with Gasteiger partial charge in [0.15, 0.2) is 5.96 Å². The first kappa shape index (κ1) is 20.7. The third-order valence-corrected chi connectivity index (χ3v) is 3.51. The lowest BCUT2D eigenvalue weighted by molar-refractivity contribution is -0.121. The molecule has 0 aromatic heterocycles. The standard InChI is InChI=1S/C17H36N4O/c1-7-8-9-11-17(4,5)13-20-16(18-6)19-12-10-15(22)21-14(2)3/h14H,7-13H2,1-6H3,(H,21,22)(H2,18,19,20). The van der Waals surface area contributed by atoms with Gasteiger partial charge in [0.25, 0.3) is 0 Å². The van der Waals surface area contributed by atoms with E-state index in [2.05, 4.69) is 41.7 Å². The second-order valence-corrected chi connectivity index (χ2v) is 6.95. The summed E-state index contributed by atoms with van der Waals surface area (Å²) in [5.74, 6) is 0.832. The Hall–Kier alpha value is -1.26. The van der Waals surface area contributed by atoms with Crippen molar-refractivity contribution in [3.8, 4) is 0 Å². The molecule has 5 nitrogen and oxygen atoms in total. The van der Waals surface area contributed by atoms with Crippen LogP contribution in [-0.4, -0.2) is 38.0 Å². The Bertz CT molecular complexity index is 338. The first-order valence-electron chi connectivity index (χ1n) is 8.54. The molecular formula is C17H36N4O. The number of hydrogen-bond donors (Lipinski definition) is 3. The number of rotatable bonds is 10. The maximum Gasteiger partial charge on any atom is 0.221 e. The van der Waals surface area contributed by atoms with Crippen LogP contribution in [-0.2, 0) is 4.79 Å². The van der Waals surface area contributed by atoms with Crippen molar-refractivity contribution in [3.63, 3.8) is 0 Å². The minimum Gasteiger partial charge on any atom is -0.356 e. The number of hydrogen-bond acceptors (Lipinski definition) is 2. The third-order valence-electron chi connectivity index (χ3n) is 3.51. The molecule has 0 unspecified atom stereocenters. The van der Waals surface area contributed by atoms with Crippen molar-refractivity contribution in [2.45, 2.75) is 72.8 Å². The van der Waals surface area contributed by atoms with Gasteiger partial charge in [-0.2, -0.15) is 0 Å². The quantitative estimate of drug-likeness (QED) is 0.330. The van der Waals surface area contributed by atoms with Crippen molar-refractivity contribution in [1.29, 1.82) is 0 Å². The molecule has 0 aromatic rings. The number of aliphatic imine (C=N–C) groups is 1. The molecule has 0 radical (unpaired) electrons. The average molecular weight is 313 g/mol. The Labute approximate surface area is 136 Å². The molecule has 130 valence electrons. The van der Waals surface area contributed by atoms with Gasteiger partial charge in [0, 0.05) is 32.6 Å². The van der Waals surface area contributed by atoms with Crippen LogP contribution < -0.4 is 16.0 Å². The number of amides is 1. The Balaban J connectivity index is 3.99. The first-order chi connectivity index (χ1) is 10.3. The van der Waals surface area contributed by atoms with Gasteiger partial charge < -0.3 is 16.0 Å². The zero-order valence-corrected chi connectivity index (χ0v) is 15.4. The largest absolute Gasteiger partial charge is 0.356 e. The summed E-state index contributed by atoms with van der Waals surface area (Å²) in [6.45, 7) is 12.2. The van der Waals surface area contributed by atoms with Gasteiger partial charge in [0.1, 0.15) is 0 Å². The summed E-state index contributed by atoms with van der Waals surface area (Å²) in [6, 6.07) is 0.189. The molecule has 0 aromatic carbocycles. The minimum atomic E-state index is 0.0675. The molecule has 0 spiro atoms. The third kappa shape index (κ3) is 11.4. The topological polar surface area (TPSA) is 65.5 Å². The summed E-state index contributed by atoms with van der Waals surface area (Å²) < 4.78 is 0. The molecule has 0 saturated heterocycles. The van der Waals surface area contributed by atoms with Gasteiger partial charge in [-0.05, 0) is 25.7 Å². The number of nitrogens with zero attached hydrogens (tertiary/aromatic N) is 1. The maximum atomic E-state index is 11.6. The van der Waals surface area contributed by atoms with E-state index >= 15 is 0 Å². The van der Waals surface area contributed by atoms with Crippen molar-refractivity contribution in [2.75, 3.05) is 20.1 Å². The number of carbonyl (C=O) groups excluding carboxylic acids is 1. The van der Waals surface area contributed by atoms with Crippen molar-refractivity contribution < 1.29 is 4.79 Å². The maximum absolute atomic E-state index is 11.6. The second-order valence-electron chi connectivity index (χ2n) is 6.95. The van der Waals surface area contributed by atoms with Crippen LogP contribution in [0.1, 0.15) is 66.7 Å². The van der Waals surface area contributed by atoms with Crippen LogP contribution in [0.25, 0.3) is 0 Å². The van der Waals surface area contributed by atoms with Crippen LogP contribution in [0, 0.1) is 5.41 Å². The normalized spacial score (nSPS) is 12.4. The Morgan fingerprint density at radius 2 is 1.86 bits per heavy atom. The van der Waals surface area contributed by atoms with E-state index in [1.54, 1.807) is 7.05 Å². The van der Waals surface area contributed by atoms with Gasteiger partial charge in [-0.3, -0.25) is 9.79 Å². The second kappa shape index (κ2) is 11.3. The Morgan fingerprint density at radius 1 is 1.18 bits per heavy atom. The molecule has 0 rings (SSSR count). The van der Waals surface area contributed by atoms with E-state index in [9.17, 15) is 4.79 Å². The SMILES string of the molecule is CCCCCC(C)(C)CNC(=NC)NCCC(=O)NC(C)C. The Kier molecular flexibility index (Phi) is 10.7. The molecule has 0 aliphatic rings. The predicted octanol–water partition coefficient (Wildman–Crippen LogP) is 2.67. The Morgan fingerprint density at radius 3 is 2.41 bits per heavy atom. The van der Waals surface area contributed by atoms with Crippen molar-refractivity contribution in [3.05, 3.63) is 0 Å². The van der Waals surface area contributed by atoms with Gasteiger partial charge in [0.2, 0.25) is 5.91 Å². The van der Waals surface area contributed by atoms with Crippen LogP contribution in [0.2, 0.25) is 0 Å². The zero-order valence-electron chi connectivity index (χ0n) is 15.4. The first-order valence-corrected chi connectivity index (χ1v) is 8.54. The van der Waals surface area contributed by atoms with Crippen LogP contribution in [0.5, 0.6) is 0 Å². The number of unbranched alkanes of at least 4 members (excludes halogenated alkanes) is 2. The monoisotopic (exact) mass is 312 g/mol. The lowest BCUT2D eigenvalue weighted by Crippen LogP contribution is -2.43. The lowest BCUT2D eigenvalue weighted by Gasteiger charge is -2.26. The summed E-state index contributed by atoms with van der Waals surface area (Å²) in [5.41, 5.74) is 0.252. The molecule has 0 bridgehead atoms. The fourth-order valence-corrected chi connectivity index (χ4v) is 2.17. The highest BCUT2D eigenvalue weighted by Gasteiger charge is 2.17. The van der Waals surface area contributed by atoms with Crippen molar-refractivity contribution >= 4 is 11.9 Å².